The zero-order valence-electron chi connectivity index (χ0n) is 12.3. The fraction of sp³-hybridized carbons (Fsp3) is 0.562. The minimum Gasteiger partial charge on any atom is -0.369 e. The van der Waals surface area contributed by atoms with E-state index in [1.165, 1.54) is 24.1 Å². The highest BCUT2D eigenvalue weighted by Crippen LogP contribution is 2.35. The molecule has 0 radical (unpaired) electrons. The molecule has 0 aromatic heterocycles. The van der Waals surface area contributed by atoms with Crippen LogP contribution in [0.15, 0.2) is 29.3 Å². The van der Waals surface area contributed by atoms with Crippen LogP contribution in [-0.4, -0.2) is 18.0 Å². The van der Waals surface area contributed by atoms with Crippen molar-refractivity contribution in [3.63, 3.8) is 0 Å². The highest BCUT2D eigenvalue weighted by Gasteiger charge is 2.40. The summed E-state index contributed by atoms with van der Waals surface area (Å²) in [6.07, 6.45) is 4.66. The molecule has 3 nitrogen and oxygen atoms in total. The number of benzene rings is 1. The maximum absolute atomic E-state index is 6.15. The van der Waals surface area contributed by atoms with Crippen molar-refractivity contribution >= 4 is 11.6 Å². The molecule has 0 saturated heterocycles. The molecule has 1 aliphatic rings. The van der Waals surface area contributed by atoms with E-state index in [-0.39, 0.29) is 5.54 Å². The highest BCUT2D eigenvalue weighted by atomic mass is 15.4. The van der Waals surface area contributed by atoms with Gasteiger partial charge >= 0.3 is 0 Å². The Morgan fingerprint density at radius 2 is 1.95 bits per heavy atom. The summed E-state index contributed by atoms with van der Waals surface area (Å²) in [4.78, 5) is 6.77. The van der Waals surface area contributed by atoms with Crippen LogP contribution in [0, 0.1) is 6.92 Å². The van der Waals surface area contributed by atoms with Gasteiger partial charge in [-0.05, 0) is 31.9 Å². The third-order valence-corrected chi connectivity index (χ3v) is 4.18. The van der Waals surface area contributed by atoms with Gasteiger partial charge < -0.3 is 10.6 Å². The molecule has 1 heterocycles. The molecule has 1 atom stereocenters. The summed E-state index contributed by atoms with van der Waals surface area (Å²) in [6.45, 7) is 7.41. The van der Waals surface area contributed by atoms with Crippen molar-refractivity contribution in [2.75, 3.05) is 11.4 Å². The molecule has 1 unspecified atom stereocenters. The first-order valence-corrected chi connectivity index (χ1v) is 7.30. The number of unbranched alkanes of at least 4 members (excludes halogenated alkanes) is 1. The molecule has 104 valence electrons. The van der Waals surface area contributed by atoms with E-state index in [1.54, 1.807) is 0 Å². The van der Waals surface area contributed by atoms with E-state index in [4.69, 9.17) is 5.73 Å². The van der Waals surface area contributed by atoms with E-state index in [1.807, 2.05) is 0 Å². The van der Waals surface area contributed by atoms with Crippen LogP contribution >= 0.6 is 0 Å². The third kappa shape index (κ3) is 2.60. The second-order valence-electron chi connectivity index (χ2n) is 5.53. The van der Waals surface area contributed by atoms with Crippen molar-refractivity contribution in [1.29, 1.82) is 0 Å². The van der Waals surface area contributed by atoms with Gasteiger partial charge in [0.2, 0.25) is 0 Å². The Balaban J connectivity index is 2.32. The van der Waals surface area contributed by atoms with Gasteiger partial charge in [-0.15, -0.1) is 0 Å². The van der Waals surface area contributed by atoms with Gasteiger partial charge in [-0.3, -0.25) is 4.99 Å². The predicted molar refractivity (Wildman–Crippen MR) is 82.7 cm³/mol. The Kier molecular flexibility index (Phi) is 4.13. The summed E-state index contributed by atoms with van der Waals surface area (Å²) in [7, 11) is 0. The Morgan fingerprint density at radius 1 is 1.26 bits per heavy atom. The normalized spacial score (nSPS) is 22.7. The van der Waals surface area contributed by atoms with E-state index in [9.17, 15) is 0 Å². The summed E-state index contributed by atoms with van der Waals surface area (Å²) in [5.41, 5.74) is 8.67. The van der Waals surface area contributed by atoms with E-state index < -0.39 is 0 Å². The molecular formula is C16H25N3. The highest BCUT2D eigenvalue weighted by molar-refractivity contribution is 5.98. The molecule has 0 spiro atoms. The van der Waals surface area contributed by atoms with Crippen LogP contribution in [0.25, 0.3) is 0 Å². The fourth-order valence-corrected chi connectivity index (χ4v) is 2.86. The summed E-state index contributed by atoms with van der Waals surface area (Å²) >= 11 is 0. The van der Waals surface area contributed by atoms with Gasteiger partial charge in [-0.2, -0.15) is 0 Å². The van der Waals surface area contributed by atoms with Gasteiger partial charge in [0.1, 0.15) is 0 Å². The number of hydrogen-bond acceptors (Lipinski definition) is 3. The minimum absolute atomic E-state index is 0.0787. The van der Waals surface area contributed by atoms with Gasteiger partial charge in [-0.25, -0.2) is 0 Å². The van der Waals surface area contributed by atoms with Gasteiger partial charge in [0, 0.05) is 5.69 Å². The fourth-order valence-electron chi connectivity index (χ4n) is 2.86. The molecule has 1 aromatic carbocycles. The molecule has 0 aliphatic carbocycles. The number of guanidine groups is 1. The average molecular weight is 259 g/mol. The van der Waals surface area contributed by atoms with Gasteiger partial charge in [0.25, 0.3) is 0 Å². The van der Waals surface area contributed by atoms with Gasteiger partial charge in [0.05, 0.1) is 12.1 Å². The number of aliphatic imine (C=N–C) groups is 1. The number of rotatable bonds is 5. The van der Waals surface area contributed by atoms with Crippen molar-refractivity contribution < 1.29 is 0 Å². The molecule has 0 fully saturated rings. The molecule has 0 bridgehead atoms. The molecule has 1 aromatic rings. The second-order valence-corrected chi connectivity index (χ2v) is 5.53. The van der Waals surface area contributed by atoms with E-state index in [0.29, 0.717) is 5.96 Å². The van der Waals surface area contributed by atoms with Crippen molar-refractivity contribution in [1.82, 2.24) is 0 Å². The first-order valence-electron chi connectivity index (χ1n) is 7.30. The van der Waals surface area contributed by atoms with Crippen LogP contribution in [-0.2, 0) is 0 Å². The summed E-state index contributed by atoms with van der Waals surface area (Å²) in [6, 6.07) is 8.58. The summed E-state index contributed by atoms with van der Waals surface area (Å²) < 4.78 is 0. The number of aryl methyl sites for hydroxylation is 1. The Bertz CT molecular complexity index is 450. The Labute approximate surface area is 116 Å². The third-order valence-electron chi connectivity index (χ3n) is 4.18. The molecule has 0 amide bonds. The lowest BCUT2D eigenvalue weighted by atomic mass is 9.88. The number of anilines is 1. The molecule has 2 N–H and O–H groups in total. The van der Waals surface area contributed by atoms with Crippen molar-refractivity contribution in [2.45, 2.75) is 52.0 Å². The molecule has 19 heavy (non-hydrogen) atoms. The quantitative estimate of drug-likeness (QED) is 0.879. The van der Waals surface area contributed by atoms with E-state index >= 15 is 0 Å². The zero-order chi connectivity index (χ0) is 13.9. The lowest BCUT2D eigenvalue weighted by Crippen LogP contribution is -2.51. The van der Waals surface area contributed by atoms with Crippen molar-refractivity contribution in [3.05, 3.63) is 29.8 Å². The van der Waals surface area contributed by atoms with Crippen LogP contribution in [0.2, 0.25) is 0 Å². The average Bonchev–Trinajstić information content (AvgIpc) is 2.75. The van der Waals surface area contributed by atoms with Gasteiger partial charge in [-0.1, -0.05) is 44.4 Å². The minimum atomic E-state index is 0.0787. The molecule has 2 rings (SSSR count). The van der Waals surface area contributed by atoms with E-state index in [0.717, 1.165) is 19.4 Å². The van der Waals surface area contributed by atoms with Crippen molar-refractivity contribution in [3.8, 4) is 0 Å². The smallest absolute Gasteiger partial charge is 0.196 e. The van der Waals surface area contributed by atoms with E-state index in [2.05, 4.69) is 54.9 Å². The first kappa shape index (κ1) is 13.9. The predicted octanol–water partition coefficient (Wildman–Crippen LogP) is 3.47. The summed E-state index contributed by atoms with van der Waals surface area (Å²) in [5, 5.41) is 0. The number of nitrogens with zero attached hydrogens (tertiary/aromatic N) is 2. The topological polar surface area (TPSA) is 41.6 Å². The van der Waals surface area contributed by atoms with Gasteiger partial charge in [0.15, 0.2) is 5.96 Å². The van der Waals surface area contributed by atoms with Crippen LogP contribution in [0.3, 0.4) is 0 Å². The van der Waals surface area contributed by atoms with Crippen LogP contribution in [0.1, 0.15) is 45.1 Å². The molecule has 1 aliphatic heterocycles. The van der Waals surface area contributed by atoms with Crippen LogP contribution in [0.5, 0.6) is 0 Å². The molecular weight excluding hydrogens is 234 g/mol. The second kappa shape index (κ2) is 5.64. The SMILES string of the molecule is CCCCC1(CC)CN=C(N)N1c1ccc(C)cc1. The number of nitrogens with two attached hydrogens (primary N) is 1. The van der Waals surface area contributed by atoms with Crippen LogP contribution in [0.4, 0.5) is 5.69 Å². The molecule has 0 saturated carbocycles. The van der Waals surface area contributed by atoms with Crippen molar-refractivity contribution in [2.24, 2.45) is 10.7 Å². The first-order chi connectivity index (χ1) is 9.13. The number of hydrogen-bond donors (Lipinski definition) is 1. The van der Waals surface area contributed by atoms with Crippen LogP contribution < -0.4 is 10.6 Å². The maximum atomic E-state index is 6.15. The largest absolute Gasteiger partial charge is 0.369 e. The lowest BCUT2D eigenvalue weighted by molar-refractivity contribution is 0.394. The lowest BCUT2D eigenvalue weighted by Gasteiger charge is -2.39. The Hall–Kier alpha value is -1.51. The zero-order valence-corrected chi connectivity index (χ0v) is 12.3. The molecule has 3 heteroatoms. The maximum Gasteiger partial charge on any atom is 0.196 e. The monoisotopic (exact) mass is 259 g/mol. The standard InChI is InChI=1S/C16H25N3/c1-4-6-11-16(5-2)12-18-15(17)19(16)14-9-7-13(3)8-10-14/h7-10H,4-6,11-12H2,1-3H3,(H2,17,18). The summed E-state index contributed by atoms with van der Waals surface area (Å²) in [5.74, 6) is 0.668. The Morgan fingerprint density at radius 3 is 2.53 bits per heavy atom.